The van der Waals surface area contributed by atoms with Gasteiger partial charge in [-0.2, -0.15) is 0 Å². The van der Waals surface area contributed by atoms with E-state index in [1.807, 2.05) is 43.3 Å². The second-order valence-corrected chi connectivity index (χ2v) is 6.22. The molecule has 1 amide bonds. The molecule has 0 fully saturated rings. The van der Waals surface area contributed by atoms with Crippen molar-refractivity contribution in [2.75, 3.05) is 13.2 Å². The Kier molecular flexibility index (Phi) is 7.10. The number of hydrogen-bond donors (Lipinski definition) is 1. The summed E-state index contributed by atoms with van der Waals surface area (Å²) in [5, 5.41) is 5.14. The lowest BCUT2D eigenvalue weighted by molar-refractivity contribution is 0.0944. The summed E-state index contributed by atoms with van der Waals surface area (Å²) in [5.74, 6) is 1.17. The van der Waals surface area contributed by atoms with Crippen LogP contribution in [0.4, 0.5) is 0 Å². The molecule has 0 aliphatic carbocycles. The molecule has 1 atom stereocenters. The first-order valence-corrected chi connectivity index (χ1v) is 9.13. The van der Waals surface area contributed by atoms with Crippen molar-refractivity contribution in [2.45, 2.75) is 46.5 Å². The van der Waals surface area contributed by atoms with E-state index < -0.39 is 0 Å². The predicted octanol–water partition coefficient (Wildman–Crippen LogP) is 5.18. The number of benzene rings is 2. The van der Waals surface area contributed by atoms with Crippen LogP contribution in [0.25, 0.3) is 10.8 Å². The quantitative estimate of drug-likeness (QED) is 0.689. The average molecular weight is 327 g/mol. The van der Waals surface area contributed by atoms with Gasteiger partial charge in [-0.15, -0.1) is 0 Å². The third kappa shape index (κ3) is 4.50. The molecule has 2 aromatic rings. The number of carbonyl (C=O) groups excluding carboxylic acids is 1. The third-order valence-electron chi connectivity index (χ3n) is 4.51. The molecule has 0 unspecified atom stereocenters. The van der Waals surface area contributed by atoms with Crippen LogP contribution < -0.4 is 10.1 Å². The van der Waals surface area contributed by atoms with Crippen molar-refractivity contribution in [1.82, 2.24) is 5.32 Å². The molecule has 0 aliphatic rings. The van der Waals surface area contributed by atoms with Crippen molar-refractivity contribution >= 4 is 16.7 Å². The lowest BCUT2D eigenvalue weighted by Crippen LogP contribution is -2.29. The highest BCUT2D eigenvalue weighted by atomic mass is 16.5. The minimum Gasteiger partial charge on any atom is -0.493 e. The van der Waals surface area contributed by atoms with Gasteiger partial charge in [0.2, 0.25) is 0 Å². The van der Waals surface area contributed by atoms with Gasteiger partial charge in [-0.1, -0.05) is 63.4 Å². The molecule has 0 aliphatic heterocycles. The average Bonchev–Trinajstić information content (AvgIpc) is 2.61. The number of amides is 1. The Morgan fingerprint density at radius 2 is 1.92 bits per heavy atom. The summed E-state index contributed by atoms with van der Waals surface area (Å²) in [6.45, 7) is 7.61. The third-order valence-corrected chi connectivity index (χ3v) is 4.51. The summed E-state index contributed by atoms with van der Waals surface area (Å²) in [6.07, 6.45) is 4.67. The maximum Gasteiger partial charge on any atom is 0.255 e. The zero-order valence-corrected chi connectivity index (χ0v) is 15.1. The fourth-order valence-corrected chi connectivity index (χ4v) is 3.03. The predicted molar refractivity (Wildman–Crippen MR) is 101 cm³/mol. The van der Waals surface area contributed by atoms with Crippen molar-refractivity contribution < 1.29 is 9.53 Å². The topological polar surface area (TPSA) is 38.3 Å². The lowest BCUT2D eigenvalue weighted by atomic mass is 9.98. The normalized spacial score (nSPS) is 12.1. The van der Waals surface area contributed by atoms with Gasteiger partial charge in [0.25, 0.3) is 5.91 Å². The first-order valence-electron chi connectivity index (χ1n) is 9.13. The minimum absolute atomic E-state index is 0.0369. The van der Waals surface area contributed by atoms with E-state index in [0.29, 0.717) is 23.8 Å². The Labute approximate surface area is 145 Å². The van der Waals surface area contributed by atoms with Crippen molar-refractivity contribution in [3.8, 4) is 5.75 Å². The van der Waals surface area contributed by atoms with E-state index in [1.165, 1.54) is 19.3 Å². The standard InChI is InChI=1S/C21H29NO2/c1-4-7-10-16(5-2)15-22-21(23)20-18-12-9-8-11-17(18)13-14-19(20)24-6-3/h8-9,11-14,16H,4-7,10,15H2,1-3H3,(H,22,23)/t16-/m0/s1. The first-order chi connectivity index (χ1) is 11.7. The van der Waals surface area contributed by atoms with E-state index in [-0.39, 0.29) is 5.91 Å². The molecule has 0 spiro atoms. The van der Waals surface area contributed by atoms with E-state index in [9.17, 15) is 4.79 Å². The van der Waals surface area contributed by atoms with Crippen molar-refractivity contribution in [3.05, 3.63) is 42.0 Å². The van der Waals surface area contributed by atoms with Crippen LogP contribution in [0.3, 0.4) is 0 Å². The molecule has 3 nitrogen and oxygen atoms in total. The van der Waals surface area contributed by atoms with Crippen LogP contribution in [-0.2, 0) is 0 Å². The largest absolute Gasteiger partial charge is 0.493 e. The van der Waals surface area contributed by atoms with Gasteiger partial charge in [0, 0.05) is 6.54 Å². The number of rotatable bonds is 9. The molecule has 0 saturated carbocycles. The molecular formula is C21H29NO2. The van der Waals surface area contributed by atoms with Crippen LogP contribution in [-0.4, -0.2) is 19.1 Å². The number of hydrogen-bond acceptors (Lipinski definition) is 2. The van der Waals surface area contributed by atoms with Crippen molar-refractivity contribution in [3.63, 3.8) is 0 Å². The van der Waals surface area contributed by atoms with E-state index in [2.05, 4.69) is 19.2 Å². The van der Waals surface area contributed by atoms with E-state index in [4.69, 9.17) is 4.74 Å². The summed E-state index contributed by atoms with van der Waals surface area (Å²) in [6, 6.07) is 11.9. The van der Waals surface area contributed by atoms with Gasteiger partial charge in [0.1, 0.15) is 5.75 Å². The highest BCUT2D eigenvalue weighted by Gasteiger charge is 2.17. The highest BCUT2D eigenvalue weighted by molar-refractivity contribution is 6.09. The Hall–Kier alpha value is -2.03. The Balaban J connectivity index is 2.22. The molecule has 0 aromatic heterocycles. The van der Waals surface area contributed by atoms with E-state index in [0.717, 1.165) is 23.7 Å². The summed E-state index contributed by atoms with van der Waals surface area (Å²) in [7, 11) is 0. The Morgan fingerprint density at radius 1 is 1.12 bits per heavy atom. The molecule has 24 heavy (non-hydrogen) atoms. The maximum absolute atomic E-state index is 12.9. The minimum atomic E-state index is -0.0369. The highest BCUT2D eigenvalue weighted by Crippen LogP contribution is 2.28. The fraction of sp³-hybridized carbons (Fsp3) is 0.476. The number of carbonyl (C=O) groups is 1. The van der Waals surface area contributed by atoms with Gasteiger partial charge in [-0.25, -0.2) is 0 Å². The molecule has 0 heterocycles. The zero-order valence-electron chi connectivity index (χ0n) is 15.1. The van der Waals surface area contributed by atoms with Gasteiger partial charge < -0.3 is 10.1 Å². The molecule has 0 bridgehead atoms. The molecule has 1 N–H and O–H groups in total. The van der Waals surface area contributed by atoms with Crippen LogP contribution in [0.5, 0.6) is 5.75 Å². The second kappa shape index (κ2) is 9.31. The van der Waals surface area contributed by atoms with Gasteiger partial charge in [0.15, 0.2) is 0 Å². The molecule has 0 saturated heterocycles. The number of nitrogens with one attached hydrogen (secondary N) is 1. The Bertz CT molecular complexity index is 666. The molecular weight excluding hydrogens is 298 g/mol. The SMILES string of the molecule is CCCC[C@H](CC)CNC(=O)c1c(OCC)ccc2ccccc12. The van der Waals surface area contributed by atoms with Crippen LogP contribution >= 0.6 is 0 Å². The zero-order chi connectivity index (χ0) is 17.4. The van der Waals surface area contributed by atoms with E-state index in [1.54, 1.807) is 0 Å². The lowest BCUT2D eigenvalue weighted by Gasteiger charge is -2.17. The van der Waals surface area contributed by atoms with Crippen LogP contribution in [0, 0.1) is 5.92 Å². The summed E-state index contributed by atoms with van der Waals surface area (Å²) >= 11 is 0. The maximum atomic E-state index is 12.9. The summed E-state index contributed by atoms with van der Waals surface area (Å²) in [5.41, 5.74) is 0.653. The molecule has 0 radical (unpaired) electrons. The number of unbranched alkanes of at least 4 members (excludes halogenated alkanes) is 1. The van der Waals surface area contributed by atoms with Gasteiger partial charge in [-0.05, 0) is 36.1 Å². The Morgan fingerprint density at radius 3 is 2.62 bits per heavy atom. The van der Waals surface area contributed by atoms with Crippen LogP contribution in [0.15, 0.2) is 36.4 Å². The monoisotopic (exact) mass is 327 g/mol. The van der Waals surface area contributed by atoms with Crippen LogP contribution in [0.1, 0.15) is 56.8 Å². The summed E-state index contributed by atoms with van der Waals surface area (Å²) < 4.78 is 5.70. The molecule has 3 heteroatoms. The van der Waals surface area contributed by atoms with Gasteiger partial charge >= 0.3 is 0 Å². The van der Waals surface area contributed by atoms with Gasteiger partial charge in [-0.3, -0.25) is 4.79 Å². The van der Waals surface area contributed by atoms with Crippen LogP contribution in [0.2, 0.25) is 0 Å². The molecule has 130 valence electrons. The summed E-state index contributed by atoms with van der Waals surface area (Å²) in [4.78, 5) is 12.9. The van der Waals surface area contributed by atoms with Gasteiger partial charge in [0.05, 0.1) is 12.2 Å². The molecule has 2 rings (SSSR count). The molecule has 2 aromatic carbocycles. The van der Waals surface area contributed by atoms with E-state index >= 15 is 0 Å². The van der Waals surface area contributed by atoms with Crippen molar-refractivity contribution in [2.24, 2.45) is 5.92 Å². The first kappa shape index (κ1) is 18.3. The fourth-order valence-electron chi connectivity index (χ4n) is 3.03. The van der Waals surface area contributed by atoms with Crippen molar-refractivity contribution in [1.29, 1.82) is 0 Å². The smallest absolute Gasteiger partial charge is 0.255 e. The number of fused-ring (bicyclic) bond motifs is 1. The second-order valence-electron chi connectivity index (χ2n) is 6.22. The number of ether oxygens (including phenoxy) is 1.